The Morgan fingerprint density at radius 2 is 2.05 bits per heavy atom. The van der Waals surface area contributed by atoms with Gasteiger partial charge in [0.25, 0.3) is 0 Å². The maximum atomic E-state index is 11.8. The molecule has 0 spiro atoms. The highest BCUT2D eigenvalue weighted by Crippen LogP contribution is 2.44. The van der Waals surface area contributed by atoms with Crippen LogP contribution in [0.4, 0.5) is 0 Å². The van der Waals surface area contributed by atoms with E-state index in [0.717, 1.165) is 29.1 Å². The van der Waals surface area contributed by atoms with Crippen molar-refractivity contribution in [3.63, 3.8) is 0 Å². The lowest BCUT2D eigenvalue weighted by atomic mass is 10.2. The Labute approximate surface area is 120 Å². The van der Waals surface area contributed by atoms with E-state index in [1.165, 1.54) is 18.4 Å². The van der Waals surface area contributed by atoms with E-state index < -0.39 is 0 Å². The van der Waals surface area contributed by atoms with E-state index in [0.29, 0.717) is 15.8 Å². The molecule has 19 heavy (non-hydrogen) atoms. The monoisotopic (exact) mass is 293 g/mol. The first-order chi connectivity index (χ1) is 9.19. The summed E-state index contributed by atoms with van der Waals surface area (Å²) in [7, 11) is 1.40. The zero-order chi connectivity index (χ0) is 13.4. The molecule has 3 nitrogen and oxygen atoms in total. The van der Waals surface area contributed by atoms with E-state index >= 15 is 0 Å². The quantitative estimate of drug-likeness (QED) is 0.799. The zero-order valence-corrected chi connectivity index (χ0v) is 11.9. The van der Waals surface area contributed by atoms with Gasteiger partial charge >= 0.3 is 5.97 Å². The fraction of sp³-hybridized carbons (Fsp3) is 0.286. The molecule has 0 unspecified atom stereocenters. The van der Waals surface area contributed by atoms with Crippen LogP contribution in [0.25, 0.3) is 10.6 Å². The number of benzene rings is 1. The van der Waals surface area contributed by atoms with Crippen molar-refractivity contribution in [3.05, 3.63) is 39.9 Å². The number of nitrogens with zero attached hydrogens (tertiary/aromatic N) is 1. The van der Waals surface area contributed by atoms with Crippen LogP contribution < -0.4 is 0 Å². The van der Waals surface area contributed by atoms with Gasteiger partial charge < -0.3 is 4.74 Å². The molecule has 1 fully saturated rings. The van der Waals surface area contributed by atoms with Crippen LogP contribution in [0.5, 0.6) is 0 Å². The first-order valence-electron chi connectivity index (χ1n) is 6.04. The van der Waals surface area contributed by atoms with Gasteiger partial charge in [-0.05, 0) is 25.0 Å². The van der Waals surface area contributed by atoms with Crippen molar-refractivity contribution in [3.8, 4) is 10.6 Å². The lowest BCUT2D eigenvalue weighted by molar-refractivity contribution is 0.0604. The van der Waals surface area contributed by atoms with Gasteiger partial charge in [0.1, 0.15) is 9.88 Å². The minimum atomic E-state index is -0.292. The number of aromatic nitrogens is 1. The molecule has 98 valence electrons. The summed E-state index contributed by atoms with van der Waals surface area (Å²) in [6, 6.07) is 7.48. The van der Waals surface area contributed by atoms with E-state index in [1.54, 1.807) is 0 Å². The van der Waals surface area contributed by atoms with Crippen molar-refractivity contribution in [1.82, 2.24) is 4.98 Å². The van der Waals surface area contributed by atoms with Crippen molar-refractivity contribution in [2.24, 2.45) is 0 Å². The van der Waals surface area contributed by atoms with Gasteiger partial charge in [-0.15, -0.1) is 11.3 Å². The molecule has 1 aromatic carbocycles. The van der Waals surface area contributed by atoms with Gasteiger partial charge in [0.05, 0.1) is 12.8 Å². The van der Waals surface area contributed by atoms with Crippen LogP contribution in [-0.2, 0) is 4.74 Å². The Balaban J connectivity index is 2.02. The SMILES string of the molecule is COC(=O)c1sc(-c2ccc(Cl)cc2)nc1C1CC1. The summed E-state index contributed by atoms with van der Waals surface area (Å²) in [6.07, 6.45) is 2.21. The molecule has 1 heterocycles. The minimum absolute atomic E-state index is 0.292. The van der Waals surface area contributed by atoms with E-state index in [1.807, 2.05) is 24.3 Å². The first-order valence-corrected chi connectivity index (χ1v) is 7.23. The molecule has 0 saturated heterocycles. The molecule has 1 saturated carbocycles. The fourth-order valence-corrected chi connectivity index (χ4v) is 3.12. The smallest absolute Gasteiger partial charge is 0.350 e. The molecule has 1 aliphatic rings. The van der Waals surface area contributed by atoms with E-state index in [9.17, 15) is 4.79 Å². The number of carbonyl (C=O) groups is 1. The van der Waals surface area contributed by atoms with Crippen LogP contribution in [-0.4, -0.2) is 18.1 Å². The van der Waals surface area contributed by atoms with Crippen molar-refractivity contribution in [2.45, 2.75) is 18.8 Å². The molecule has 5 heteroatoms. The van der Waals surface area contributed by atoms with Gasteiger partial charge in [0.15, 0.2) is 0 Å². The molecule has 0 N–H and O–H groups in total. The van der Waals surface area contributed by atoms with Crippen LogP contribution in [0.3, 0.4) is 0 Å². The molecular weight excluding hydrogens is 282 g/mol. The van der Waals surface area contributed by atoms with Crippen molar-refractivity contribution >= 4 is 28.9 Å². The second-order valence-corrected chi connectivity index (χ2v) is 5.94. The van der Waals surface area contributed by atoms with Gasteiger partial charge in [-0.2, -0.15) is 0 Å². The Morgan fingerprint density at radius 3 is 2.63 bits per heavy atom. The minimum Gasteiger partial charge on any atom is -0.465 e. The van der Waals surface area contributed by atoms with E-state index in [2.05, 4.69) is 4.98 Å². The molecule has 1 aromatic heterocycles. The average molecular weight is 294 g/mol. The number of ether oxygens (including phenoxy) is 1. The number of methoxy groups -OCH3 is 1. The van der Waals surface area contributed by atoms with Gasteiger partial charge in [0, 0.05) is 16.5 Å². The number of esters is 1. The highest BCUT2D eigenvalue weighted by Gasteiger charge is 2.32. The maximum Gasteiger partial charge on any atom is 0.350 e. The summed E-state index contributed by atoms with van der Waals surface area (Å²) < 4.78 is 4.83. The molecule has 0 aliphatic heterocycles. The number of rotatable bonds is 3. The standard InChI is InChI=1S/C14H12ClNO2S/c1-18-14(17)12-11(8-2-3-8)16-13(19-12)9-4-6-10(15)7-5-9/h4-8H,2-3H2,1H3. The van der Waals surface area contributed by atoms with Crippen LogP contribution in [0.1, 0.15) is 34.1 Å². The van der Waals surface area contributed by atoms with Gasteiger partial charge in [-0.3, -0.25) is 0 Å². The molecular formula is C14H12ClNO2S. The van der Waals surface area contributed by atoms with Gasteiger partial charge in [0.2, 0.25) is 0 Å². The maximum absolute atomic E-state index is 11.8. The Bertz CT molecular complexity index is 617. The Morgan fingerprint density at radius 1 is 1.37 bits per heavy atom. The summed E-state index contributed by atoms with van der Waals surface area (Å²) in [5.74, 6) is 0.131. The van der Waals surface area contributed by atoms with Crippen LogP contribution in [0.15, 0.2) is 24.3 Å². The van der Waals surface area contributed by atoms with Crippen molar-refractivity contribution < 1.29 is 9.53 Å². The molecule has 0 bridgehead atoms. The Kier molecular flexibility index (Phi) is 3.29. The highest BCUT2D eigenvalue weighted by atomic mass is 35.5. The topological polar surface area (TPSA) is 39.2 Å². The third-order valence-electron chi connectivity index (χ3n) is 3.08. The molecule has 3 rings (SSSR count). The molecule has 0 radical (unpaired) electrons. The second-order valence-electron chi connectivity index (χ2n) is 4.51. The van der Waals surface area contributed by atoms with Crippen molar-refractivity contribution in [2.75, 3.05) is 7.11 Å². The van der Waals surface area contributed by atoms with Gasteiger partial charge in [-0.25, -0.2) is 9.78 Å². The lowest BCUT2D eigenvalue weighted by Crippen LogP contribution is -2.01. The predicted molar refractivity (Wildman–Crippen MR) is 75.9 cm³/mol. The number of carbonyl (C=O) groups excluding carboxylic acids is 1. The first kappa shape index (κ1) is 12.6. The summed E-state index contributed by atoms with van der Waals surface area (Å²) in [5.41, 5.74) is 1.87. The normalized spacial score (nSPS) is 14.4. The fourth-order valence-electron chi connectivity index (χ4n) is 1.92. The third-order valence-corrected chi connectivity index (χ3v) is 4.43. The Hall–Kier alpha value is -1.39. The van der Waals surface area contributed by atoms with Crippen molar-refractivity contribution in [1.29, 1.82) is 0 Å². The number of thiazole rings is 1. The third kappa shape index (κ3) is 2.51. The van der Waals surface area contributed by atoms with Crippen LogP contribution in [0, 0.1) is 0 Å². The highest BCUT2D eigenvalue weighted by molar-refractivity contribution is 7.17. The molecule has 1 aliphatic carbocycles. The number of hydrogen-bond acceptors (Lipinski definition) is 4. The van der Waals surface area contributed by atoms with E-state index in [-0.39, 0.29) is 5.97 Å². The molecule has 0 amide bonds. The lowest BCUT2D eigenvalue weighted by Gasteiger charge is -1.96. The predicted octanol–water partition coefficient (Wildman–Crippen LogP) is 4.13. The van der Waals surface area contributed by atoms with E-state index in [4.69, 9.17) is 16.3 Å². The van der Waals surface area contributed by atoms with Gasteiger partial charge in [-0.1, -0.05) is 23.7 Å². The number of halogens is 1. The van der Waals surface area contributed by atoms with Crippen LogP contribution >= 0.6 is 22.9 Å². The summed E-state index contributed by atoms with van der Waals surface area (Å²) in [5, 5.41) is 1.54. The number of hydrogen-bond donors (Lipinski definition) is 0. The average Bonchev–Trinajstić information content (AvgIpc) is 3.18. The summed E-state index contributed by atoms with van der Waals surface area (Å²) in [6.45, 7) is 0. The largest absolute Gasteiger partial charge is 0.465 e. The zero-order valence-electron chi connectivity index (χ0n) is 10.4. The second kappa shape index (κ2) is 4.94. The molecule has 2 aromatic rings. The van der Waals surface area contributed by atoms with Crippen LogP contribution in [0.2, 0.25) is 5.02 Å². The molecule has 0 atom stereocenters. The summed E-state index contributed by atoms with van der Waals surface area (Å²) in [4.78, 5) is 17.0. The summed E-state index contributed by atoms with van der Waals surface area (Å²) >= 11 is 7.27.